The molecule has 0 amide bonds. The summed E-state index contributed by atoms with van der Waals surface area (Å²) in [7, 11) is 0. The largest absolute Gasteiger partial charge is 0.481 e. The van der Waals surface area contributed by atoms with E-state index in [1.165, 1.54) is 122 Å². The molecule has 0 saturated heterocycles. The molecule has 0 saturated carbocycles. The van der Waals surface area contributed by atoms with E-state index in [4.69, 9.17) is 9.84 Å². The van der Waals surface area contributed by atoms with E-state index in [9.17, 15) is 9.59 Å². The highest BCUT2D eigenvalue weighted by atomic mass is 16.5. The van der Waals surface area contributed by atoms with Gasteiger partial charge in [-0.1, -0.05) is 135 Å². The van der Waals surface area contributed by atoms with Gasteiger partial charge in [0.15, 0.2) is 0 Å². The second-order valence-electron chi connectivity index (χ2n) is 10.7. The topological polar surface area (TPSA) is 63.6 Å². The summed E-state index contributed by atoms with van der Waals surface area (Å²) in [5.41, 5.74) is 0. The van der Waals surface area contributed by atoms with Crippen LogP contribution in [0, 0.1) is 5.92 Å². The van der Waals surface area contributed by atoms with Crippen LogP contribution in [0.2, 0.25) is 0 Å². The van der Waals surface area contributed by atoms with Crippen molar-refractivity contribution in [2.75, 3.05) is 6.61 Å². The summed E-state index contributed by atoms with van der Waals surface area (Å²) in [6.07, 6.45) is 33.6. The third-order valence-corrected chi connectivity index (χ3v) is 7.02. The van der Waals surface area contributed by atoms with Crippen LogP contribution in [0.3, 0.4) is 0 Å². The van der Waals surface area contributed by atoms with Crippen molar-refractivity contribution < 1.29 is 19.4 Å². The molecule has 0 bridgehead atoms. The molecule has 0 aromatic heterocycles. The van der Waals surface area contributed by atoms with Gasteiger partial charge < -0.3 is 9.84 Å². The summed E-state index contributed by atoms with van der Waals surface area (Å²) in [6.45, 7) is 4.60. The van der Waals surface area contributed by atoms with Crippen LogP contribution >= 0.6 is 0 Å². The van der Waals surface area contributed by atoms with Gasteiger partial charge in [-0.15, -0.1) is 0 Å². The molecule has 1 N–H and O–H groups in total. The van der Waals surface area contributed by atoms with Gasteiger partial charge in [0.25, 0.3) is 0 Å². The summed E-state index contributed by atoms with van der Waals surface area (Å²) in [6, 6.07) is 0. The Labute approximate surface area is 224 Å². The lowest BCUT2D eigenvalue weighted by atomic mass is 9.97. The van der Waals surface area contributed by atoms with E-state index in [0.717, 1.165) is 19.3 Å². The fourth-order valence-corrected chi connectivity index (χ4v) is 4.71. The molecule has 212 valence electrons. The molecule has 1 unspecified atom stereocenters. The third-order valence-electron chi connectivity index (χ3n) is 7.02. The number of ether oxygens (including phenoxy) is 1. The van der Waals surface area contributed by atoms with Crippen molar-refractivity contribution in [3.8, 4) is 0 Å². The first-order valence-electron chi connectivity index (χ1n) is 15.6. The van der Waals surface area contributed by atoms with Gasteiger partial charge in [-0.05, 0) is 38.5 Å². The number of carboxylic acid groups (broad SMARTS) is 1. The zero-order chi connectivity index (χ0) is 26.5. The summed E-state index contributed by atoms with van der Waals surface area (Å²) in [5, 5.41) is 9.03. The van der Waals surface area contributed by atoms with E-state index < -0.39 is 11.9 Å². The molecule has 4 nitrogen and oxygen atoms in total. The lowest BCUT2D eigenvalue weighted by Gasteiger charge is -2.13. The van der Waals surface area contributed by atoms with Gasteiger partial charge >= 0.3 is 11.9 Å². The van der Waals surface area contributed by atoms with Gasteiger partial charge in [-0.3, -0.25) is 9.59 Å². The van der Waals surface area contributed by atoms with Crippen molar-refractivity contribution in [1.29, 1.82) is 0 Å². The highest BCUT2D eigenvalue weighted by molar-refractivity contribution is 5.79. The molecule has 36 heavy (non-hydrogen) atoms. The summed E-state index contributed by atoms with van der Waals surface area (Å²) < 4.78 is 5.15. The van der Waals surface area contributed by atoms with Crippen LogP contribution < -0.4 is 0 Å². The minimum absolute atomic E-state index is 0.115. The Balaban J connectivity index is 3.41. The second-order valence-corrected chi connectivity index (χ2v) is 10.7. The highest BCUT2D eigenvalue weighted by Gasteiger charge is 2.22. The van der Waals surface area contributed by atoms with Crippen LogP contribution in [-0.2, 0) is 14.3 Å². The predicted octanol–water partition coefficient (Wildman–Crippen LogP) is 10.2. The standard InChI is InChI=1S/C32H60O4/c1-3-5-6-7-8-9-10-11-12-13-14-15-16-17-18-19-20-21-22-23-24-25-26-27-30(29-31(33)34)32(35)36-28-4-2/h16-17,30H,3-15,18-29H2,1-2H3,(H,33,34)/b17-16+. The van der Waals surface area contributed by atoms with Gasteiger partial charge in [0, 0.05) is 0 Å². The van der Waals surface area contributed by atoms with Crippen LogP contribution in [0.25, 0.3) is 0 Å². The molecule has 0 aliphatic rings. The molecule has 0 fully saturated rings. The first-order chi connectivity index (χ1) is 17.6. The Hall–Kier alpha value is -1.32. The van der Waals surface area contributed by atoms with Gasteiger partial charge in [0.05, 0.1) is 18.9 Å². The maximum Gasteiger partial charge on any atom is 0.309 e. The molecule has 0 aromatic carbocycles. The Morgan fingerprint density at radius 2 is 1.03 bits per heavy atom. The van der Waals surface area contributed by atoms with Crippen molar-refractivity contribution >= 4 is 11.9 Å². The number of carbonyl (C=O) groups excluding carboxylic acids is 1. The van der Waals surface area contributed by atoms with Gasteiger partial charge in [-0.25, -0.2) is 0 Å². The molecule has 0 rings (SSSR count). The molecule has 4 heteroatoms. The number of esters is 1. The Kier molecular flexibility index (Phi) is 27.2. The molecule has 0 aromatic rings. The van der Waals surface area contributed by atoms with Gasteiger partial charge in [0.2, 0.25) is 0 Å². The van der Waals surface area contributed by atoms with Gasteiger partial charge in [-0.2, -0.15) is 0 Å². The lowest BCUT2D eigenvalue weighted by Crippen LogP contribution is -2.21. The summed E-state index contributed by atoms with van der Waals surface area (Å²) >= 11 is 0. The molecule has 0 radical (unpaired) electrons. The van der Waals surface area contributed by atoms with E-state index in [1.807, 2.05) is 6.92 Å². The van der Waals surface area contributed by atoms with Crippen LogP contribution in [0.4, 0.5) is 0 Å². The average molecular weight is 509 g/mol. The zero-order valence-corrected chi connectivity index (χ0v) is 24.1. The fourth-order valence-electron chi connectivity index (χ4n) is 4.71. The summed E-state index contributed by atoms with van der Waals surface area (Å²) in [4.78, 5) is 23.0. The van der Waals surface area contributed by atoms with Crippen molar-refractivity contribution in [1.82, 2.24) is 0 Å². The minimum Gasteiger partial charge on any atom is -0.481 e. The molecular weight excluding hydrogens is 448 g/mol. The van der Waals surface area contributed by atoms with E-state index in [1.54, 1.807) is 0 Å². The second kappa shape index (κ2) is 28.3. The number of aliphatic carboxylic acids is 1. The first-order valence-corrected chi connectivity index (χ1v) is 15.6. The van der Waals surface area contributed by atoms with Crippen LogP contribution in [0.5, 0.6) is 0 Å². The lowest BCUT2D eigenvalue weighted by molar-refractivity contribution is -0.153. The van der Waals surface area contributed by atoms with Crippen LogP contribution in [-0.4, -0.2) is 23.7 Å². The third kappa shape index (κ3) is 25.8. The minimum atomic E-state index is -0.919. The van der Waals surface area contributed by atoms with Crippen molar-refractivity contribution in [3.63, 3.8) is 0 Å². The number of rotatable bonds is 28. The van der Waals surface area contributed by atoms with Crippen molar-refractivity contribution in [2.45, 2.75) is 168 Å². The van der Waals surface area contributed by atoms with E-state index in [0.29, 0.717) is 13.0 Å². The van der Waals surface area contributed by atoms with E-state index >= 15 is 0 Å². The monoisotopic (exact) mass is 508 g/mol. The van der Waals surface area contributed by atoms with Crippen LogP contribution in [0.1, 0.15) is 168 Å². The Morgan fingerprint density at radius 1 is 0.611 bits per heavy atom. The van der Waals surface area contributed by atoms with Crippen molar-refractivity contribution in [3.05, 3.63) is 12.2 Å². The Bertz CT molecular complexity index is 514. The zero-order valence-electron chi connectivity index (χ0n) is 24.1. The molecule has 0 aliphatic carbocycles. The van der Waals surface area contributed by atoms with E-state index in [2.05, 4.69) is 19.1 Å². The SMILES string of the molecule is CCCCCCCCCCCCC/C=C/CCCCCCCCCCC(CC(=O)O)C(=O)OCCC. The number of allylic oxidation sites excluding steroid dienone is 2. The maximum atomic E-state index is 12.0. The van der Waals surface area contributed by atoms with E-state index in [-0.39, 0.29) is 12.4 Å². The molecule has 0 aliphatic heterocycles. The van der Waals surface area contributed by atoms with Crippen molar-refractivity contribution in [2.24, 2.45) is 5.92 Å². The summed E-state index contributed by atoms with van der Waals surface area (Å²) in [5.74, 6) is -1.75. The number of hydrogen-bond donors (Lipinski definition) is 1. The molecular formula is C32H60O4. The Morgan fingerprint density at radius 3 is 1.44 bits per heavy atom. The number of hydrogen-bond acceptors (Lipinski definition) is 3. The number of carboxylic acids is 1. The smallest absolute Gasteiger partial charge is 0.309 e. The fraction of sp³-hybridized carbons (Fsp3) is 0.875. The molecule has 1 atom stereocenters. The van der Waals surface area contributed by atoms with Gasteiger partial charge in [0.1, 0.15) is 0 Å². The average Bonchev–Trinajstić information content (AvgIpc) is 2.86. The predicted molar refractivity (Wildman–Crippen MR) is 153 cm³/mol. The molecule has 0 spiro atoms. The maximum absolute atomic E-state index is 12.0. The molecule has 0 heterocycles. The highest BCUT2D eigenvalue weighted by Crippen LogP contribution is 2.18. The van der Waals surface area contributed by atoms with Crippen LogP contribution in [0.15, 0.2) is 12.2 Å². The quantitative estimate of drug-likeness (QED) is 0.0648. The first kappa shape index (κ1) is 34.7. The number of unbranched alkanes of at least 4 members (excludes halogenated alkanes) is 19. The normalized spacial score (nSPS) is 12.3. The number of carbonyl (C=O) groups is 2.